The van der Waals surface area contributed by atoms with Crippen molar-refractivity contribution in [2.75, 3.05) is 12.4 Å². The fourth-order valence-electron chi connectivity index (χ4n) is 0.611. The lowest BCUT2D eigenvalue weighted by atomic mass is 10.4. The molecule has 0 aromatic carbocycles. The first kappa shape index (κ1) is 6.81. The van der Waals surface area contributed by atoms with E-state index in [-0.39, 0.29) is 0 Å². The van der Waals surface area contributed by atoms with Crippen LogP contribution in [0.5, 0.6) is 0 Å². The molecular weight excluding hydrogens is 134 g/mol. The molecule has 1 rings (SSSR count). The molecule has 0 radical (unpaired) electrons. The van der Waals surface area contributed by atoms with Crippen molar-refractivity contribution in [3.05, 3.63) is 12.5 Å². The Labute approximate surface area is 59.8 Å². The second-order valence-corrected chi connectivity index (χ2v) is 2.78. The van der Waals surface area contributed by atoms with E-state index in [4.69, 9.17) is 4.74 Å². The van der Waals surface area contributed by atoms with E-state index in [1.54, 1.807) is 18.2 Å². The topological polar surface area (TPSA) is 21.3 Å². The third-order valence-corrected chi connectivity index (χ3v) is 1.87. The summed E-state index contributed by atoms with van der Waals surface area (Å²) in [6.45, 7) is 0.860. The van der Waals surface area contributed by atoms with Gasteiger partial charge in [0.15, 0.2) is 0 Å². The summed E-state index contributed by atoms with van der Waals surface area (Å²) in [5.74, 6) is 1.17. The highest BCUT2D eigenvalue weighted by Crippen LogP contribution is 2.02. The average Bonchev–Trinajstić information content (AvgIpc) is 2.00. The predicted octanol–water partition coefficient (Wildman–Crippen LogP) is 1.51. The lowest BCUT2D eigenvalue weighted by Gasteiger charge is -1.95. The molecule has 0 atom stereocenters. The van der Waals surface area contributed by atoms with Gasteiger partial charge in [0.05, 0.1) is 12.9 Å². The van der Waals surface area contributed by atoms with E-state index in [0.29, 0.717) is 0 Å². The Morgan fingerprint density at radius 1 is 1.44 bits per heavy atom. The summed E-state index contributed by atoms with van der Waals surface area (Å²) in [7, 11) is 0. The summed E-state index contributed by atoms with van der Waals surface area (Å²) in [4.78, 5) is 0. The largest absolute Gasteiger partial charge is 0.500 e. The summed E-state index contributed by atoms with van der Waals surface area (Å²) in [5.41, 5.74) is 0. The Hall–Kier alpha value is -0.310. The van der Waals surface area contributed by atoms with Gasteiger partial charge in [0.1, 0.15) is 0 Å². The van der Waals surface area contributed by atoms with Gasteiger partial charge < -0.3 is 9.46 Å². The molecule has 3 heteroatoms. The molecule has 1 aliphatic rings. The fraction of sp³-hybridized carbons (Fsp3) is 0.667. The van der Waals surface area contributed by atoms with Crippen LogP contribution in [-0.4, -0.2) is 12.4 Å². The molecule has 2 nitrogen and oxygen atoms in total. The minimum Gasteiger partial charge on any atom is -0.500 e. The standard InChI is InChI=1S/C6H11NOS/c1-2-6-9-7-3-5-8-4-1/h3,5,7H,1-2,4,6H2. The molecule has 0 aromatic heterocycles. The van der Waals surface area contributed by atoms with Crippen LogP contribution in [-0.2, 0) is 4.74 Å². The van der Waals surface area contributed by atoms with Gasteiger partial charge in [-0.3, -0.25) is 0 Å². The molecule has 0 aromatic rings. The second kappa shape index (κ2) is 4.56. The molecule has 0 saturated carbocycles. The zero-order valence-corrected chi connectivity index (χ0v) is 6.12. The van der Waals surface area contributed by atoms with Gasteiger partial charge in [-0.25, -0.2) is 0 Å². The molecular formula is C6H11NOS. The van der Waals surface area contributed by atoms with E-state index in [9.17, 15) is 0 Å². The second-order valence-electron chi connectivity index (χ2n) is 1.85. The van der Waals surface area contributed by atoms with E-state index < -0.39 is 0 Å². The number of ether oxygens (including phenoxy) is 1. The Kier molecular flexibility index (Phi) is 3.45. The zero-order chi connectivity index (χ0) is 6.36. The molecule has 0 fully saturated rings. The summed E-state index contributed by atoms with van der Waals surface area (Å²) < 4.78 is 8.14. The first-order valence-electron chi connectivity index (χ1n) is 3.14. The first-order chi connectivity index (χ1) is 4.50. The molecule has 9 heavy (non-hydrogen) atoms. The maximum Gasteiger partial charge on any atom is 0.0994 e. The smallest absolute Gasteiger partial charge is 0.0994 e. The molecule has 1 aliphatic heterocycles. The third-order valence-electron chi connectivity index (χ3n) is 1.07. The maximum absolute atomic E-state index is 5.10. The quantitative estimate of drug-likeness (QED) is 0.522. The maximum atomic E-state index is 5.10. The number of nitrogens with one attached hydrogen (secondary N) is 1. The van der Waals surface area contributed by atoms with Gasteiger partial charge in [0, 0.05) is 12.0 Å². The summed E-state index contributed by atoms with van der Waals surface area (Å²) in [6, 6.07) is 0. The van der Waals surface area contributed by atoms with Gasteiger partial charge in [-0.15, -0.1) is 0 Å². The van der Waals surface area contributed by atoms with E-state index in [2.05, 4.69) is 4.72 Å². The van der Waals surface area contributed by atoms with Crippen molar-refractivity contribution in [2.24, 2.45) is 0 Å². The van der Waals surface area contributed by atoms with E-state index in [1.165, 1.54) is 18.6 Å². The van der Waals surface area contributed by atoms with Crippen molar-refractivity contribution in [1.29, 1.82) is 0 Å². The molecule has 0 aliphatic carbocycles. The van der Waals surface area contributed by atoms with Crippen LogP contribution in [0.3, 0.4) is 0 Å². The van der Waals surface area contributed by atoms with Crippen LogP contribution in [0, 0.1) is 0 Å². The average molecular weight is 145 g/mol. The van der Waals surface area contributed by atoms with E-state index in [1.807, 2.05) is 6.20 Å². The van der Waals surface area contributed by atoms with Crippen LogP contribution in [0.2, 0.25) is 0 Å². The summed E-state index contributed by atoms with van der Waals surface area (Å²) in [5, 5.41) is 0. The predicted molar refractivity (Wildman–Crippen MR) is 39.9 cm³/mol. The monoisotopic (exact) mass is 145 g/mol. The molecule has 52 valence electrons. The number of hydrogen-bond donors (Lipinski definition) is 1. The number of hydrogen-bond acceptors (Lipinski definition) is 3. The van der Waals surface area contributed by atoms with Crippen LogP contribution < -0.4 is 4.72 Å². The molecule has 1 heterocycles. The van der Waals surface area contributed by atoms with Gasteiger partial charge in [-0.2, -0.15) is 0 Å². The van der Waals surface area contributed by atoms with Crippen molar-refractivity contribution >= 4 is 11.9 Å². The van der Waals surface area contributed by atoms with Gasteiger partial charge in [0.2, 0.25) is 0 Å². The Balaban J connectivity index is 2.15. The summed E-state index contributed by atoms with van der Waals surface area (Å²) in [6.07, 6.45) is 5.94. The van der Waals surface area contributed by atoms with Crippen LogP contribution in [0.25, 0.3) is 0 Å². The van der Waals surface area contributed by atoms with Gasteiger partial charge in [0.25, 0.3) is 0 Å². The molecule has 0 saturated heterocycles. The van der Waals surface area contributed by atoms with Crippen LogP contribution in [0.1, 0.15) is 12.8 Å². The highest BCUT2D eigenvalue weighted by molar-refractivity contribution is 7.97. The van der Waals surface area contributed by atoms with Crippen molar-refractivity contribution in [3.63, 3.8) is 0 Å². The Morgan fingerprint density at radius 2 is 2.44 bits per heavy atom. The molecule has 1 N–H and O–H groups in total. The molecule has 0 bridgehead atoms. The normalized spacial score (nSPS) is 20.4. The Morgan fingerprint density at radius 3 is 3.44 bits per heavy atom. The van der Waals surface area contributed by atoms with Crippen LogP contribution in [0.15, 0.2) is 12.5 Å². The minimum atomic E-state index is 0.860. The lowest BCUT2D eigenvalue weighted by molar-refractivity contribution is 0.243. The Bertz CT molecular complexity index is 85.1. The zero-order valence-electron chi connectivity index (χ0n) is 5.30. The van der Waals surface area contributed by atoms with E-state index in [0.717, 1.165) is 6.61 Å². The SMILES string of the molecule is C1=COCCCCSN1. The van der Waals surface area contributed by atoms with Crippen molar-refractivity contribution < 1.29 is 4.74 Å². The van der Waals surface area contributed by atoms with Crippen LogP contribution >= 0.6 is 11.9 Å². The third kappa shape index (κ3) is 3.30. The van der Waals surface area contributed by atoms with Crippen molar-refractivity contribution in [2.45, 2.75) is 12.8 Å². The molecule has 0 unspecified atom stereocenters. The van der Waals surface area contributed by atoms with E-state index >= 15 is 0 Å². The van der Waals surface area contributed by atoms with Gasteiger partial charge in [-0.1, -0.05) is 11.9 Å². The highest BCUT2D eigenvalue weighted by Gasteiger charge is 1.90. The number of rotatable bonds is 0. The minimum absolute atomic E-state index is 0.860. The lowest BCUT2D eigenvalue weighted by Crippen LogP contribution is -1.91. The van der Waals surface area contributed by atoms with Crippen LogP contribution in [0.4, 0.5) is 0 Å². The van der Waals surface area contributed by atoms with Crippen molar-refractivity contribution in [1.82, 2.24) is 4.72 Å². The van der Waals surface area contributed by atoms with Gasteiger partial charge in [-0.05, 0) is 12.8 Å². The first-order valence-corrected chi connectivity index (χ1v) is 4.12. The van der Waals surface area contributed by atoms with Crippen molar-refractivity contribution in [3.8, 4) is 0 Å². The molecule has 0 spiro atoms. The fourth-order valence-corrected chi connectivity index (χ4v) is 1.23. The molecule has 0 amide bonds. The highest BCUT2D eigenvalue weighted by atomic mass is 32.2. The van der Waals surface area contributed by atoms with Gasteiger partial charge >= 0.3 is 0 Å². The summed E-state index contributed by atoms with van der Waals surface area (Å²) >= 11 is 1.73.